The first kappa shape index (κ1) is 19.8. The van der Waals surface area contributed by atoms with Crippen LogP contribution in [0.2, 0.25) is 0 Å². The molecule has 0 radical (unpaired) electrons. The molecule has 0 aliphatic heterocycles. The molecular formula is C16H26O6P2. The Morgan fingerprint density at radius 2 is 1.08 bits per heavy atom. The van der Waals surface area contributed by atoms with Crippen LogP contribution in [0.15, 0.2) is 12.1 Å². The molecule has 0 bridgehead atoms. The van der Waals surface area contributed by atoms with Crippen molar-refractivity contribution in [3.05, 3.63) is 34.4 Å². The van der Waals surface area contributed by atoms with Gasteiger partial charge in [0.05, 0.1) is 12.3 Å². The van der Waals surface area contributed by atoms with Gasteiger partial charge in [0.1, 0.15) is 0 Å². The van der Waals surface area contributed by atoms with Crippen molar-refractivity contribution in [1.29, 1.82) is 0 Å². The van der Waals surface area contributed by atoms with Gasteiger partial charge in [-0.3, -0.25) is 9.13 Å². The fourth-order valence-electron chi connectivity index (χ4n) is 3.14. The highest BCUT2D eigenvalue weighted by molar-refractivity contribution is 7.53. The lowest BCUT2D eigenvalue weighted by Gasteiger charge is -2.25. The molecule has 8 heteroatoms. The van der Waals surface area contributed by atoms with Gasteiger partial charge in [0.15, 0.2) is 0 Å². The Bertz CT molecular complexity index is 600. The van der Waals surface area contributed by atoms with Crippen molar-refractivity contribution in [2.45, 2.75) is 38.0 Å². The van der Waals surface area contributed by atoms with Crippen molar-refractivity contribution in [3.8, 4) is 0 Å². The third-order valence-corrected chi connectivity index (χ3v) is 8.25. The zero-order chi connectivity index (χ0) is 17.8. The molecule has 1 aromatic rings. The Balaban J connectivity index is 2.41. The van der Waals surface area contributed by atoms with E-state index in [1.807, 2.05) is 12.1 Å². The van der Waals surface area contributed by atoms with Crippen LogP contribution in [0.5, 0.6) is 0 Å². The molecule has 2 rings (SSSR count). The first-order valence-electron chi connectivity index (χ1n) is 7.94. The van der Waals surface area contributed by atoms with E-state index < -0.39 is 15.2 Å². The minimum Gasteiger partial charge on any atom is -0.312 e. The van der Waals surface area contributed by atoms with E-state index in [1.165, 1.54) is 39.6 Å². The summed E-state index contributed by atoms with van der Waals surface area (Å²) in [5.74, 6) is 0. The van der Waals surface area contributed by atoms with Gasteiger partial charge < -0.3 is 18.1 Å². The molecule has 1 aliphatic carbocycles. The van der Waals surface area contributed by atoms with Crippen molar-refractivity contribution in [2.24, 2.45) is 0 Å². The second-order valence-electron chi connectivity index (χ2n) is 5.82. The summed E-state index contributed by atoms with van der Waals surface area (Å²) in [5, 5.41) is 0. The van der Waals surface area contributed by atoms with E-state index in [1.54, 1.807) is 0 Å². The highest BCUT2D eigenvalue weighted by Crippen LogP contribution is 2.53. The fraction of sp³-hybridized carbons (Fsp3) is 0.625. The quantitative estimate of drug-likeness (QED) is 0.621. The first-order valence-corrected chi connectivity index (χ1v) is 11.4. The lowest BCUT2D eigenvalue weighted by molar-refractivity contribution is 0.273. The zero-order valence-electron chi connectivity index (χ0n) is 14.7. The maximum Gasteiger partial charge on any atom is 0.334 e. The fourth-order valence-corrected chi connectivity index (χ4v) is 5.38. The number of fused-ring (bicyclic) bond motifs is 1. The van der Waals surface area contributed by atoms with E-state index in [9.17, 15) is 9.13 Å². The SMILES string of the molecule is COP(=O)(Cc1ccc(CP(=O)(OC)OC)c2c1CCCC2)OC. The number of hydrogen-bond acceptors (Lipinski definition) is 6. The van der Waals surface area contributed by atoms with Gasteiger partial charge >= 0.3 is 15.2 Å². The molecule has 0 aromatic heterocycles. The van der Waals surface area contributed by atoms with E-state index in [-0.39, 0.29) is 12.3 Å². The summed E-state index contributed by atoms with van der Waals surface area (Å²) in [6.45, 7) is 0. The van der Waals surface area contributed by atoms with E-state index in [0.29, 0.717) is 0 Å². The number of hydrogen-bond donors (Lipinski definition) is 0. The third kappa shape index (κ3) is 4.37. The zero-order valence-corrected chi connectivity index (χ0v) is 16.5. The predicted octanol–water partition coefficient (Wildman–Crippen LogP) is 4.54. The molecular weight excluding hydrogens is 350 g/mol. The predicted molar refractivity (Wildman–Crippen MR) is 93.7 cm³/mol. The molecule has 0 fully saturated rings. The molecule has 0 spiro atoms. The standard InChI is InChI=1S/C16H26O6P2/c1-19-23(17,20-2)11-13-9-10-14(12-24(18,21-3)22-4)16-8-6-5-7-15(13)16/h9-10H,5-8,11-12H2,1-4H3. The van der Waals surface area contributed by atoms with Gasteiger partial charge in [-0.1, -0.05) is 12.1 Å². The van der Waals surface area contributed by atoms with Gasteiger partial charge in [-0.25, -0.2) is 0 Å². The molecule has 0 heterocycles. The molecule has 6 nitrogen and oxygen atoms in total. The monoisotopic (exact) mass is 376 g/mol. The van der Waals surface area contributed by atoms with Crippen molar-refractivity contribution in [2.75, 3.05) is 28.4 Å². The van der Waals surface area contributed by atoms with Gasteiger partial charge in [-0.15, -0.1) is 0 Å². The van der Waals surface area contributed by atoms with Crippen LogP contribution >= 0.6 is 15.2 Å². The summed E-state index contributed by atoms with van der Waals surface area (Å²) < 4.78 is 45.3. The molecule has 0 saturated heterocycles. The summed E-state index contributed by atoms with van der Waals surface area (Å²) >= 11 is 0. The molecule has 24 heavy (non-hydrogen) atoms. The lowest BCUT2D eigenvalue weighted by Crippen LogP contribution is -2.11. The summed E-state index contributed by atoms with van der Waals surface area (Å²) in [6.07, 6.45) is 4.48. The Morgan fingerprint density at radius 1 is 0.750 bits per heavy atom. The Hall–Kier alpha value is -0.480. The van der Waals surface area contributed by atoms with Crippen molar-refractivity contribution in [1.82, 2.24) is 0 Å². The summed E-state index contributed by atoms with van der Waals surface area (Å²) in [7, 11) is -0.637. The van der Waals surface area contributed by atoms with E-state index in [2.05, 4.69) is 0 Å². The molecule has 136 valence electrons. The summed E-state index contributed by atoms with van der Waals surface area (Å²) in [5.41, 5.74) is 4.30. The van der Waals surface area contributed by atoms with Crippen LogP contribution in [0.1, 0.15) is 35.1 Å². The van der Waals surface area contributed by atoms with Crippen molar-refractivity contribution >= 4 is 15.2 Å². The second kappa shape index (κ2) is 8.27. The molecule has 1 aromatic carbocycles. The van der Waals surface area contributed by atoms with Crippen LogP contribution in [-0.2, 0) is 52.4 Å². The largest absolute Gasteiger partial charge is 0.334 e. The lowest BCUT2D eigenvalue weighted by atomic mass is 9.86. The summed E-state index contributed by atoms with van der Waals surface area (Å²) in [6, 6.07) is 3.86. The average Bonchev–Trinajstić information content (AvgIpc) is 2.63. The minimum absolute atomic E-state index is 0.245. The van der Waals surface area contributed by atoms with Crippen molar-refractivity contribution in [3.63, 3.8) is 0 Å². The maximum atomic E-state index is 12.5. The molecule has 0 N–H and O–H groups in total. The summed E-state index contributed by atoms with van der Waals surface area (Å²) in [4.78, 5) is 0. The topological polar surface area (TPSA) is 71.1 Å². The molecule has 0 atom stereocenters. The van der Waals surface area contributed by atoms with Gasteiger partial charge in [-0.2, -0.15) is 0 Å². The van der Waals surface area contributed by atoms with Crippen LogP contribution in [-0.4, -0.2) is 28.4 Å². The smallest absolute Gasteiger partial charge is 0.312 e. The Kier molecular flexibility index (Phi) is 6.83. The normalized spacial score (nSPS) is 15.3. The molecule has 1 aliphatic rings. The molecule has 0 amide bonds. The van der Waals surface area contributed by atoms with Crippen LogP contribution in [0.3, 0.4) is 0 Å². The third-order valence-electron chi connectivity index (χ3n) is 4.57. The maximum absolute atomic E-state index is 12.5. The molecule has 0 unspecified atom stereocenters. The van der Waals surface area contributed by atoms with Gasteiger partial charge in [-0.05, 0) is 47.9 Å². The average molecular weight is 376 g/mol. The van der Waals surface area contributed by atoms with E-state index >= 15 is 0 Å². The van der Waals surface area contributed by atoms with E-state index in [0.717, 1.165) is 36.8 Å². The number of rotatable bonds is 8. The van der Waals surface area contributed by atoms with Gasteiger partial charge in [0, 0.05) is 28.4 Å². The van der Waals surface area contributed by atoms with Crippen molar-refractivity contribution < 1.29 is 27.2 Å². The van der Waals surface area contributed by atoms with Crippen LogP contribution in [0, 0.1) is 0 Å². The Labute approximate surface area is 143 Å². The van der Waals surface area contributed by atoms with Gasteiger partial charge in [0.2, 0.25) is 0 Å². The number of benzene rings is 1. The molecule has 0 saturated carbocycles. The second-order valence-corrected chi connectivity index (χ2v) is 10.4. The van der Waals surface area contributed by atoms with Crippen LogP contribution in [0.4, 0.5) is 0 Å². The van der Waals surface area contributed by atoms with Gasteiger partial charge in [0.25, 0.3) is 0 Å². The highest BCUT2D eigenvalue weighted by atomic mass is 31.2. The highest BCUT2D eigenvalue weighted by Gasteiger charge is 2.28. The first-order chi connectivity index (χ1) is 11.4. The van der Waals surface area contributed by atoms with Crippen LogP contribution < -0.4 is 0 Å². The van der Waals surface area contributed by atoms with Crippen LogP contribution in [0.25, 0.3) is 0 Å². The Morgan fingerprint density at radius 3 is 1.38 bits per heavy atom. The van der Waals surface area contributed by atoms with E-state index in [4.69, 9.17) is 18.1 Å². The minimum atomic E-state index is -3.12.